The van der Waals surface area contributed by atoms with E-state index in [1.165, 1.54) is 11.3 Å². The molecule has 6 rings (SSSR count). The Kier molecular flexibility index (Phi) is 5.37. The van der Waals surface area contributed by atoms with Crippen LogP contribution in [0.1, 0.15) is 21.5 Å². The third kappa shape index (κ3) is 3.80. The molecule has 2 aliphatic rings. The lowest BCUT2D eigenvalue weighted by Gasteiger charge is -2.35. The fourth-order valence-electron chi connectivity index (χ4n) is 5.09. The van der Waals surface area contributed by atoms with Gasteiger partial charge in [0.15, 0.2) is 5.65 Å². The lowest BCUT2D eigenvalue weighted by atomic mass is 10.1. The highest BCUT2D eigenvalue weighted by Gasteiger charge is 2.24. The van der Waals surface area contributed by atoms with Crippen molar-refractivity contribution >= 4 is 22.8 Å². The minimum atomic E-state index is -0.350. The van der Waals surface area contributed by atoms with Crippen LogP contribution < -0.4 is 10.6 Å². The maximum Gasteiger partial charge on any atom is 0.338 e. The molecule has 1 saturated heterocycles. The van der Waals surface area contributed by atoms with Gasteiger partial charge in [0.05, 0.1) is 16.8 Å². The number of hydrogen-bond acceptors (Lipinski definition) is 6. The van der Waals surface area contributed by atoms with Gasteiger partial charge in [0.25, 0.3) is 0 Å². The van der Waals surface area contributed by atoms with Crippen LogP contribution in [0, 0.1) is 0 Å². The Hall–Kier alpha value is -3.91. The van der Waals surface area contributed by atoms with Gasteiger partial charge in [-0.15, -0.1) is 0 Å². The molecule has 0 aliphatic carbocycles. The van der Waals surface area contributed by atoms with Crippen LogP contribution >= 0.6 is 0 Å². The zero-order chi connectivity index (χ0) is 23.9. The summed E-state index contributed by atoms with van der Waals surface area (Å²) in [6, 6.07) is 17.6. The number of para-hydroxylation sites is 1. The highest BCUT2D eigenvalue weighted by Crippen LogP contribution is 2.26. The Morgan fingerprint density at radius 3 is 2.66 bits per heavy atom. The summed E-state index contributed by atoms with van der Waals surface area (Å²) in [5, 5.41) is 0. The van der Waals surface area contributed by atoms with Crippen molar-refractivity contribution in [3.63, 3.8) is 0 Å². The van der Waals surface area contributed by atoms with Gasteiger partial charge in [-0.2, -0.15) is 0 Å². The maximum absolute atomic E-state index is 13.7. The molecular formula is C27H27N5O3. The predicted molar refractivity (Wildman–Crippen MR) is 134 cm³/mol. The first-order valence-corrected chi connectivity index (χ1v) is 12.0. The zero-order valence-electron chi connectivity index (χ0n) is 19.7. The molecule has 8 nitrogen and oxygen atoms in total. The van der Waals surface area contributed by atoms with Crippen molar-refractivity contribution in [1.82, 2.24) is 19.0 Å². The molecule has 0 atom stereocenters. The molecule has 0 radical (unpaired) electrons. The number of fused-ring (bicyclic) bond motifs is 2. The number of esters is 1. The van der Waals surface area contributed by atoms with E-state index in [0.29, 0.717) is 29.9 Å². The number of rotatable bonds is 5. The molecule has 0 bridgehead atoms. The molecule has 2 aromatic heterocycles. The number of anilines is 1. The fourth-order valence-corrected chi connectivity index (χ4v) is 5.09. The molecule has 0 N–H and O–H groups in total. The van der Waals surface area contributed by atoms with E-state index in [2.05, 4.69) is 46.1 Å². The minimum absolute atomic E-state index is 0.165. The van der Waals surface area contributed by atoms with Crippen molar-refractivity contribution in [2.45, 2.75) is 19.6 Å². The third-order valence-electron chi connectivity index (χ3n) is 7.06. The Morgan fingerprint density at radius 1 is 0.971 bits per heavy atom. The highest BCUT2D eigenvalue weighted by atomic mass is 16.5. The molecule has 4 aromatic rings. The van der Waals surface area contributed by atoms with Crippen LogP contribution in [0.5, 0.6) is 0 Å². The summed E-state index contributed by atoms with van der Waals surface area (Å²) in [6.07, 6.45) is 2.43. The first kappa shape index (κ1) is 21.6. The first-order valence-electron chi connectivity index (χ1n) is 12.0. The van der Waals surface area contributed by atoms with Crippen molar-refractivity contribution in [3.05, 3.63) is 88.0 Å². The van der Waals surface area contributed by atoms with Crippen LogP contribution in [0.2, 0.25) is 0 Å². The van der Waals surface area contributed by atoms with Gasteiger partial charge in [0, 0.05) is 50.2 Å². The Balaban J connectivity index is 1.36. The second-order valence-corrected chi connectivity index (χ2v) is 9.20. The zero-order valence-corrected chi connectivity index (χ0v) is 19.7. The van der Waals surface area contributed by atoms with Gasteiger partial charge in [0.1, 0.15) is 6.61 Å². The molecule has 8 heteroatoms. The van der Waals surface area contributed by atoms with Gasteiger partial charge < -0.3 is 14.5 Å². The minimum Gasteiger partial charge on any atom is -0.457 e. The average molecular weight is 470 g/mol. The summed E-state index contributed by atoms with van der Waals surface area (Å²) in [4.78, 5) is 35.1. The van der Waals surface area contributed by atoms with E-state index >= 15 is 0 Å². The standard InChI is InChI=1S/C27H27N5O3/c1-29-13-15-30(16-14-29)23-6-3-2-5-19(23)10-12-31-25-24(7-4-11-28-25)32(27(31)34)21-9-8-20-18-35-26(33)22(20)17-21/h2-9,11,17H,10,12-16,18H2,1H3. The smallest absolute Gasteiger partial charge is 0.338 e. The lowest BCUT2D eigenvalue weighted by Crippen LogP contribution is -2.44. The topological polar surface area (TPSA) is 72.6 Å². The molecule has 1 fully saturated rings. The number of piperazine rings is 1. The molecule has 0 amide bonds. The molecule has 0 unspecified atom stereocenters. The van der Waals surface area contributed by atoms with Gasteiger partial charge in [-0.05, 0) is 49.4 Å². The number of carbonyl (C=O) groups excluding carboxylic acids is 1. The quantitative estimate of drug-likeness (QED) is 0.419. The summed E-state index contributed by atoms with van der Waals surface area (Å²) in [5.41, 5.74) is 5.65. The van der Waals surface area contributed by atoms with Gasteiger partial charge in [-0.1, -0.05) is 24.3 Å². The van der Waals surface area contributed by atoms with Crippen LogP contribution in [-0.2, 0) is 24.3 Å². The molecule has 4 heterocycles. The number of aryl methyl sites for hydroxylation is 2. The van der Waals surface area contributed by atoms with Crippen LogP contribution in [0.25, 0.3) is 16.9 Å². The number of imidazole rings is 1. The molecule has 178 valence electrons. The summed E-state index contributed by atoms with van der Waals surface area (Å²) in [6.45, 7) is 4.86. The number of nitrogens with zero attached hydrogens (tertiary/aromatic N) is 5. The van der Waals surface area contributed by atoms with Crippen molar-refractivity contribution in [2.24, 2.45) is 0 Å². The number of hydrogen-bond donors (Lipinski definition) is 0. The van der Waals surface area contributed by atoms with Gasteiger partial charge in [-0.3, -0.25) is 9.13 Å². The van der Waals surface area contributed by atoms with E-state index in [1.807, 2.05) is 24.3 Å². The Morgan fingerprint density at radius 2 is 1.80 bits per heavy atom. The van der Waals surface area contributed by atoms with Crippen molar-refractivity contribution in [1.29, 1.82) is 0 Å². The molecular weight excluding hydrogens is 442 g/mol. The average Bonchev–Trinajstić information content (AvgIpc) is 3.39. The normalized spacial score (nSPS) is 16.0. The monoisotopic (exact) mass is 469 g/mol. The number of ether oxygens (including phenoxy) is 1. The molecule has 0 spiro atoms. The van der Waals surface area contributed by atoms with E-state index in [9.17, 15) is 9.59 Å². The fraction of sp³-hybridized carbons (Fsp3) is 0.296. The van der Waals surface area contributed by atoms with Crippen molar-refractivity contribution < 1.29 is 9.53 Å². The third-order valence-corrected chi connectivity index (χ3v) is 7.06. The van der Waals surface area contributed by atoms with E-state index in [1.54, 1.807) is 21.4 Å². The highest BCUT2D eigenvalue weighted by molar-refractivity contribution is 5.94. The number of aromatic nitrogens is 3. The Bertz CT molecular complexity index is 1480. The van der Waals surface area contributed by atoms with Gasteiger partial charge in [0.2, 0.25) is 0 Å². The van der Waals surface area contributed by atoms with E-state index in [4.69, 9.17) is 4.74 Å². The maximum atomic E-state index is 13.7. The molecule has 0 saturated carbocycles. The van der Waals surface area contributed by atoms with E-state index < -0.39 is 0 Å². The molecule has 2 aliphatic heterocycles. The number of pyridine rings is 1. The number of cyclic esters (lactones) is 1. The predicted octanol–water partition coefficient (Wildman–Crippen LogP) is 2.85. The summed E-state index contributed by atoms with van der Waals surface area (Å²) in [7, 11) is 2.16. The van der Waals surface area contributed by atoms with Crippen LogP contribution in [0.3, 0.4) is 0 Å². The molecule has 2 aromatic carbocycles. The number of likely N-dealkylation sites (N-methyl/N-ethyl adjacent to an activating group) is 1. The largest absolute Gasteiger partial charge is 0.457 e. The van der Waals surface area contributed by atoms with E-state index in [0.717, 1.165) is 37.3 Å². The summed E-state index contributed by atoms with van der Waals surface area (Å²) >= 11 is 0. The second-order valence-electron chi connectivity index (χ2n) is 9.20. The molecule has 35 heavy (non-hydrogen) atoms. The summed E-state index contributed by atoms with van der Waals surface area (Å²) < 4.78 is 8.52. The van der Waals surface area contributed by atoms with Crippen LogP contribution in [-0.4, -0.2) is 58.2 Å². The van der Waals surface area contributed by atoms with E-state index in [-0.39, 0.29) is 18.3 Å². The van der Waals surface area contributed by atoms with Gasteiger partial charge in [-0.25, -0.2) is 14.6 Å². The second kappa shape index (κ2) is 8.70. The van der Waals surface area contributed by atoms with Crippen molar-refractivity contribution in [2.75, 3.05) is 38.1 Å². The lowest BCUT2D eigenvalue weighted by molar-refractivity contribution is 0.0535. The van der Waals surface area contributed by atoms with Crippen molar-refractivity contribution in [3.8, 4) is 5.69 Å². The first-order chi connectivity index (χ1) is 17.1. The number of benzene rings is 2. The Labute approximate surface area is 203 Å². The van der Waals surface area contributed by atoms with Gasteiger partial charge >= 0.3 is 11.7 Å². The number of carbonyl (C=O) groups is 1. The van der Waals surface area contributed by atoms with Crippen LogP contribution in [0.4, 0.5) is 5.69 Å². The van der Waals surface area contributed by atoms with Crippen LogP contribution in [0.15, 0.2) is 65.6 Å². The SMILES string of the molecule is CN1CCN(c2ccccc2CCn2c(=O)n(-c3ccc4c(c3)C(=O)OC4)c3cccnc32)CC1. The summed E-state index contributed by atoms with van der Waals surface area (Å²) in [5.74, 6) is -0.350.